The molecule has 1 N–H and O–H groups in total. The molecule has 4 rings (SSSR count). The van der Waals surface area contributed by atoms with Gasteiger partial charge in [-0.3, -0.25) is 10.2 Å². The molecular weight excluding hydrogens is 282 g/mol. The Morgan fingerprint density at radius 3 is 2.95 bits per heavy atom. The van der Waals surface area contributed by atoms with Crippen LogP contribution in [0.4, 0.5) is 5.13 Å². The van der Waals surface area contributed by atoms with Gasteiger partial charge in [0.15, 0.2) is 5.78 Å². The molecule has 2 aliphatic carbocycles. The summed E-state index contributed by atoms with van der Waals surface area (Å²) >= 11 is 1.54. The Balaban J connectivity index is 1.57. The van der Waals surface area contributed by atoms with E-state index in [1.807, 2.05) is 42.5 Å². The largest absolute Gasteiger partial charge is 0.292 e. The summed E-state index contributed by atoms with van der Waals surface area (Å²) in [5, 5.41) is 5.01. The maximum Gasteiger partial charge on any atom is 0.204 e. The summed E-state index contributed by atoms with van der Waals surface area (Å²) in [6.07, 6.45) is 8.68. The van der Waals surface area contributed by atoms with Gasteiger partial charge in [-0.2, -0.15) is 5.10 Å². The number of para-hydroxylation sites is 1. The summed E-state index contributed by atoms with van der Waals surface area (Å²) in [5.41, 5.74) is 4.50. The lowest BCUT2D eigenvalue weighted by molar-refractivity contribution is -0.114. The molecule has 0 bridgehead atoms. The van der Waals surface area contributed by atoms with E-state index in [1.54, 1.807) is 0 Å². The topological polar surface area (TPSA) is 54.4 Å². The fraction of sp³-hybridized carbons (Fsp3) is 0.188. The molecule has 0 saturated heterocycles. The Bertz CT molecular complexity index is 770. The summed E-state index contributed by atoms with van der Waals surface area (Å²) in [4.78, 5) is 16.7. The van der Waals surface area contributed by atoms with Crippen molar-refractivity contribution in [3.63, 3.8) is 0 Å². The molecule has 1 heterocycles. The molecule has 1 aromatic carbocycles. The Labute approximate surface area is 125 Å². The van der Waals surface area contributed by atoms with Crippen molar-refractivity contribution in [3.05, 3.63) is 48.6 Å². The van der Waals surface area contributed by atoms with Gasteiger partial charge in [0.05, 0.1) is 10.2 Å². The quantitative estimate of drug-likeness (QED) is 0.864. The molecule has 104 valence electrons. The lowest BCUT2D eigenvalue weighted by Gasteiger charge is -2.11. The Morgan fingerprint density at radius 2 is 2.10 bits per heavy atom. The van der Waals surface area contributed by atoms with Crippen molar-refractivity contribution in [3.8, 4) is 0 Å². The third-order valence-electron chi connectivity index (χ3n) is 3.85. The van der Waals surface area contributed by atoms with Crippen LogP contribution in [0.5, 0.6) is 0 Å². The zero-order chi connectivity index (χ0) is 14.2. The number of aromatic nitrogens is 1. The molecule has 4 nitrogen and oxygen atoms in total. The van der Waals surface area contributed by atoms with Gasteiger partial charge in [-0.15, -0.1) is 0 Å². The van der Waals surface area contributed by atoms with Gasteiger partial charge in [0, 0.05) is 12.3 Å². The molecule has 1 fully saturated rings. The second-order valence-corrected chi connectivity index (χ2v) is 6.22. The predicted octanol–water partition coefficient (Wildman–Crippen LogP) is 3.40. The summed E-state index contributed by atoms with van der Waals surface area (Å²) in [6.45, 7) is 0. The van der Waals surface area contributed by atoms with E-state index in [9.17, 15) is 4.79 Å². The first-order valence-corrected chi connectivity index (χ1v) is 7.70. The highest BCUT2D eigenvalue weighted by molar-refractivity contribution is 7.22. The number of hydrogen-bond acceptors (Lipinski definition) is 5. The Hall–Kier alpha value is -2.27. The van der Waals surface area contributed by atoms with Gasteiger partial charge in [0.1, 0.15) is 5.71 Å². The number of Topliss-reactive ketones (excluding diaryl/α,β-unsaturated/α-hetero) is 1. The molecule has 21 heavy (non-hydrogen) atoms. The molecule has 0 spiro atoms. The number of nitrogens with one attached hydrogen (secondary N) is 1. The van der Waals surface area contributed by atoms with Gasteiger partial charge in [0.25, 0.3) is 0 Å². The van der Waals surface area contributed by atoms with Crippen molar-refractivity contribution in [2.45, 2.75) is 6.42 Å². The van der Waals surface area contributed by atoms with Crippen molar-refractivity contribution >= 4 is 38.2 Å². The van der Waals surface area contributed by atoms with E-state index >= 15 is 0 Å². The number of fused-ring (bicyclic) bond motifs is 2. The number of allylic oxidation sites excluding steroid dienone is 4. The number of hydrogen-bond donors (Lipinski definition) is 1. The van der Waals surface area contributed by atoms with E-state index in [0.29, 0.717) is 12.1 Å². The molecule has 0 radical (unpaired) electrons. The highest BCUT2D eigenvalue weighted by Crippen LogP contribution is 2.32. The van der Waals surface area contributed by atoms with Crippen LogP contribution in [0.1, 0.15) is 6.42 Å². The lowest BCUT2D eigenvalue weighted by atomic mass is 9.92. The van der Waals surface area contributed by atoms with Crippen LogP contribution in [0.15, 0.2) is 53.7 Å². The minimum atomic E-state index is -0.0362. The number of anilines is 1. The molecule has 2 aromatic rings. The number of hydrazone groups is 1. The van der Waals surface area contributed by atoms with Gasteiger partial charge in [-0.1, -0.05) is 47.8 Å². The van der Waals surface area contributed by atoms with Crippen LogP contribution >= 0.6 is 11.3 Å². The average molecular weight is 295 g/mol. The Morgan fingerprint density at radius 1 is 1.24 bits per heavy atom. The van der Waals surface area contributed by atoms with Crippen molar-refractivity contribution < 1.29 is 4.79 Å². The fourth-order valence-corrected chi connectivity index (χ4v) is 3.59. The first kappa shape index (κ1) is 12.5. The number of carbonyl (C=O) groups excluding carboxylic acids is 1. The first-order chi connectivity index (χ1) is 10.3. The highest BCUT2D eigenvalue weighted by atomic mass is 32.1. The number of carbonyl (C=O) groups is 1. The van der Waals surface area contributed by atoms with Gasteiger partial charge in [-0.05, 0) is 18.1 Å². The molecule has 0 amide bonds. The molecular formula is C16H13N3OS. The summed E-state index contributed by atoms with van der Waals surface area (Å²) < 4.78 is 1.11. The smallest absolute Gasteiger partial charge is 0.204 e. The molecule has 0 aliphatic heterocycles. The molecule has 5 heteroatoms. The van der Waals surface area contributed by atoms with E-state index in [2.05, 4.69) is 21.6 Å². The Kier molecular flexibility index (Phi) is 2.93. The standard InChI is InChI=1S/C16H13N3OS/c20-15-11-6-2-1-5-10(11)9-13(15)18-19-16-17-12-7-3-4-8-14(12)21-16/h1-8,10-11H,9H2,(H,17,19)/b18-13-. The van der Waals surface area contributed by atoms with E-state index in [0.717, 1.165) is 15.3 Å². The minimum Gasteiger partial charge on any atom is -0.292 e. The third kappa shape index (κ3) is 2.19. The van der Waals surface area contributed by atoms with Crippen LogP contribution in [0.25, 0.3) is 10.2 Å². The normalized spacial score (nSPS) is 25.7. The predicted molar refractivity (Wildman–Crippen MR) is 85.6 cm³/mol. The van der Waals surface area contributed by atoms with Gasteiger partial charge >= 0.3 is 0 Å². The fourth-order valence-electron chi connectivity index (χ4n) is 2.78. The summed E-state index contributed by atoms with van der Waals surface area (Å²) in [7, 11) is 0. The zero-order valence-corrected chi connectivity index (χ0v) is 12.0. The number of thiazole rings is 1. The number of benzene rings is 1. The van der Waals surface area contributed by atoms with Crippen LogP contribution in [-0.4, -0.2) is 16.5 Å². The highest BCUT2D eigenvalue weighted by Gasteiger charge is 2.37. The van der Waals surface area contributed by atoms with E-state index in [-0.39, 0.29) is 17.6 Å². The van der Waals surface area contributed by atoms with E-state index in [4.69, 9.17) is 0 Å². The van der Waals surface area contributed by atoms with Crippen LogP contribution in [0, 0.1) is 11.8 Å². The van der Waals surface area contributed by atoms with E-state index < -0.39 is 0 Å². The molecule has 2 aliphatic rings. The van der Waals surface area contributed by atoms with Crippen LogP contribution in [0.2, 0.25) is 0 Å². The van der Waals surface area contributed by atoms with Crippen molar-refractivity contribution in [2.75, 3.05) is 5.43 Å². The summed E-state index contributed by atoms with van der Waals surface area (Å²) in [6, 6.07) is 7.94. The molecule has 2 unspecified atom stereocenters. The van der Waals surface area contributed by atoms with Crippen molar-refractivity contribution in [1.29, 1.82) is 0 Å². The van der Waals surface area contributed by atoms with Crippen LogP contribution in [0.3, 0.4) is 0 Å². The monoisotopic (exact) mass is 295 g/mol. The van der Waals surface area contributed by atoms with Crippen LogP contribution < -0.4 is 5.43 Å². The third-order valence-corrected chi connectivity index (χ3v) is 4.79. The zero-order valence-electron chi connectivity index (χ0n) is 11.2. The van der Waals surface area contributed by atoms with Crippen LogP contribution in [-0.2, 0) is 4.79 Å². The number of nitrogens with zero attached hydrogens (tertiary/aromatic N) is 2. The minimum absolute atomic E-state index is 0.0362. The molecule has 1 saturated carbocycles. The van der Waals surface area contributed by atoms with Gasteiger partial charge in [-0.25, -0.2) is 4.98 Å². The van der Waals surface area contributed by atoms with Gasteiger partial charge in [0.2, 0.25) is 5.13 Å². The second kappa shape index (κ2) is 4.93. The maximum atomic E-state index is 12.3. The van der Waals surface area contributed by atoms with E-state index in [1.165, 1.54) is 11.3 Å². The van der Waals surface area contributed by atoms with Crippen molar-refractivity contribution in [2.24, 2.45) is 16.9 Å². The van der Waals surface area contributed by atoms with Crippen molar-refractivity contribution in [1.82, 2.24) is 4.98 Å². The lowest BCUT2D eigenvalue weighted by Crippen LogP contribution is -2.15. The van der Waals surface area contributed by atoms with Gasteiger partial charge < -0.3 is 0 Å². The molecule has 1 aromatic heterocycles. The maximum absolute atomic E-state index is 12.3. The SMILES string of the molecule is O=C1/C(=N\Nc2nc3ccccc3s2)CC2C=CC=CC12. The second-order valence-electron chi connectivity index (χ2n) is 5.18. The number of rotatable bonds is 2. The average Bonchev–Trinajstić information content (AvgIpc) is 3.07. The molecule has 2 atom stereocenters. The first-order valence-electron chi connectivity index (χ1n) is 6.88. The number of ketones is 1. The summed E-state index contributed by atoms with van der Waals surface area (Å²) in [5.74, 6) is 0.346.